The van der Waals surface area contributed by atoms with E-state index in [0.29, 0.717) is 0 Å². The van der Waals surface area contributed by atoms with Crippen LogP contribution in [0.1, 0.15) is 147 Å². The van der Waals surface area contributed by atoms with Crippen LogP contribution >= 0.6 is 0 Å². The monoisotopic (exact) mass is 866 g/mol. The van der Waals surface area contributed by atoms with Crippen molar-refractivity contribution in [1.82, 2.24) is 0 Å². The molecule has 4 atom stereocenters. The zero-order valence-corrected chi connectivity index (χ0v) is 40.7. The van der Waals surface area contributed by atoms with Gasteiger partial charge in [-0.2, -0.15) is 0 Å². The van der Waals surface area contributed by atoms with Gasteiger partial charge in [0.25, 0.3) is 6.71 Å². The summed E-state index contributed by atoms with van der Waals surface area (Å²) in [6, 6.07) is 40.9. The van der Waals surface area contributed by atoms with Gasteiger partial charge in [0.15, 0.2) is 5.58 Å². The first kappa shape index (κ1) is 39.7. The third-order valence-electron chi connectivity index (χ3n) is 20.0. The molecular formula is C61H64BN3O. The van der Waals surface area contributed by atoms with Crippen LogP contribution in [-0.2, 0) is 21.7 Å². The molecule has 5 heterocycles. The van der Waals surface area contributed by atoms with Crippen LogP contribution < -0.4 is 31.1 Å². The lowest BCUT2D eigenvalue weighted by atomic mass is 9.33. The van der Waals surface area contributed by atoms with Crippen LogP contribution in [0.15, 0.2) is 108 Å². The van der Waals surface area contributed by atoms with Gasteiger partial charge < -0.3 is 19.1 Å². The zero-order valence-electron chi connectivity index (χ0n) is 40.7. The van der Waals surface area contributed by atoms with Crippen LogP contribution in [-0.4, -0.2) is 17.8 Å². The fourth-order valence-electron chi connectivity index (χ4n) is 15.9. The van der Waals surface area contributed by atoms with E-state index in [0.717, 1.165) is 16.9 Å². The van der Waals surface area contributed by atoms with Crippen molar-refractivity contribution in [2.45, 2.75) is 159 Å². The molecule has 332 valence electrons. The van der Waals surface area contributed by atoms with Crippen molar-refractivity contribution in [1.29, 1.82) is 0 Å². The van der Waals surface area contributed by atoms with E-state index in [4.69, 9.17) is 4.42 Å². The molecule has 0 N–H and O–H groups in total. The van der Waals surface area contributed by atoms with Gasteiger partial charge >= 0.3 is 0 Å². The maximum absolute atomic E-state index is 7.00. The van der Waals surface area contributed by atoms with Crippen molar-refractivity contribution in [3.05, 3.63) is 131 Å². The van der Waals surface area contributed by atoms with E-state index in [1.807, 2.05) is 0 Å². The molecule has 66 heavy (non-hydrogen) atoms. The first-order valence-corrected chi connectivity index (χ1v) is 25.5. The fraction of sp³-hybridized carbons (Fsp3) is 0.410. The number of para-hydroxylation sites is 3. The van der Waals surface area contributed by atoms with Gasteiger partial charge in [-0.05, 0) is 157 Å². The molecule has 0 saturated heterocycles. The molecule has 2 saturated carbocycles. The minimum Gasteiger partial charge on any atom is -0.454 e. The first-order chi connectivity index (χ1) is 31.6. The molecule has 0 spiro atoms. The summed E-state index contributed by atoms with van der Waals surface area (Å²) in [5.41, 5.74) is 23.3. The fourth-order valence-corrected chi connectivity index (χ4v) is 15.9. The maximum atomic E-state index is 7.00. The van der Waals surface area contributed by atoms with Crippen molar-refractivity contribution in [3.8, 4) is 0 Å². The Morgan fingerprint density at radius 2 is 1.14 bits per heavy atom. The zero-order chi connectivity index (χ0) is 45.1. The molecule has 3 aliphatic carbocycles. The molecule has 5 heteroatoms. The van der Waals surface area contributed by atoms with E-state index < -0.39 is 0 Å². The number of aryl methyl sites for hydroxylation is 1. The molecule has 0 radical (unpaired) electrons. The van der Waals surface area contributed by atoms with Crippen LogP contribution in [0.25, 0.3) is 21.9 Å². The Labute approximate surface area is 392 Å². The maximum Gasteiger partial charge on any atom is 0.252 e. The van der Waals surface area contributed by atoms with E-state index >= 15 is 0 Å². The predicted octanol–water partition coefficient (Wildman–Crippen LogP) is 14.3. The number of benzene rings is 6. The van der Waals surface area contributed by atoms with E-state index in [9.17, 15) is 0 Å². The number of fused-ring (bicyclic) bond motifs is 14. The Hall–Kier alpha value is -5.42. The summed E-state index contributed by atoms with van der Waals surface area (Å²) < 4.78 is 7.00. The van der Waals surface area contributed by atoms with Gasteiger partial charge in [0.05, 0.1) is 16.8 Å². The SMILES string of the molecule is Cc1cc2c3c(c1)N1c4c(cccc4C4(C)CCCCC14C)B3c1ccc(N3c4cc5c(cc4C4(C)CCCCC34C)C(C)(C)CCC5(C)C)cc1N2c1cccc2c1oc1ccccc12. The quantitative estimate of drug-likeness (QED) is 0.162. The Morgan fingerprint density at radius 3 is 1.91 bits per heavy atom. The van der Waals surface area contributed by atoms with Gasteiger partial charge in [-0.15, -0.1) is 0 Å². The van der Waals surface area contributed by atoms with Crippen LogP contribution in [0.2, 0.25) is 0 Å². The van der Waals surface area contributed by atoms with E-state index in [2.05, 4.69) is 180 Å². The summed E-state index contributed by atoms with van der Waals surface area (Å²) >= 11 is 0. The number of rotatable bonds is 2. The minimum absolute atomic E-state index is 0.0157. The van der Waals surface area contributed by atoms with E-state index in [-0.39, 0.29) is 39.5 Å². The predicted molar refractivity (Wildman–Crippen MR) is 279 cm³/mol. The van der Waals surface area contributed by atoms with Crippen LogP contribution in [0.3, 0.4) is 0 Å². The van der Waals surface area contributed by atoms with Crippen molar-refractivity contribution < 1.29 is 4.42 Å². The van der Waals surface area contributed by atoms with Gasteiger partial charge in [-0.1, -0.05) is 128 Å². The normalized spacial score (nSPS) is 28.1. The highest BCUT2D eigenvalue weighted by molar-refractivity contribution is 7.00. The molecular weight excluding hydrogens is 802 g/mol. The smallest absolute Gasteiger partial charge is 0.252 e. The molecule has 4 unspecified atom stereocenters. The van der Waals surface area contributed by atoms with Crippen molar-refractivity contribution in [2.75, 3.05) is 14.7 Å². The molecule has 7 aliphatic rings. The van der Waals surface area contributed by atoms with Gasteiger partial charge in [-0.25, -0.2) is 0 Å². The molecule has 1 aromatic heterocycles. The summed E-state index contributed by atoms with van der Waals surface area (Å²) in [4.78, 5) is 8.34. The topological polar surface area (TPSA) is 22.9 Å². The molecule has 6 aromatic carbocycles. The summed E-state index contributed by atoms with van der Waals surface area (Å²) in [7, 11) is 0. The average molecular weight is 866 g/mol. The lowest BCUT2D eigenvalue weighted by molar-refractivity contribution is 0.194. The first-order valence-electron chi connectivity index (χ1n) is 25.5. The highest BCUT2D eigenvalue weighted by Crippen LogP contribution is 2.65. The second-order valence-electron chi connectivity index (χ2n) is 24.2. The summed E-state index contributed by atoms with van der Waals surface area (Å²) in [5, 5.41) is 2.33. The third kappa shape index (κ3) is 4.60. The van der Waals surface area contributed by atoms with E-state index in [1.54, 1.807) is 22.3 Å². The summed E-state index contributed by atoms with van der Waals surface area (Å²) in [5.74, 6) is 0. The molecule has 14 rings (SSSR count). The molecule has 7 aromatic rings. The highest BCUT2D eigenvalue weighted by Gasteiger charge is 2.62. The highest BCUT2D eigenvalue weighted by atomic mass is 16.3. The summed E-state index contributed by atoms with van der Waals surface area (Å²) in [6.07, 6.45) is 12.3. The second-order valence-corrected chi connectivity index (χ2v) is 24.2. The Kier molecular flexibility index (Phi) is 7.56. The molecule has 0 amide bonds. The Balaban J connectivity index is 1.07. The Morgan fingerprint density at radius 1 is 0.485 bits per heavy atom. The summed E-state index contributed by atoms with van der Waals surface area (Å²) in [6.45, 7) is 22.8. The van der Waals surface area contributed by atoms with Crippen molar-refractivity contribution >= 4 is 84.9 Å². The number of hydrogen-bond acceptors (Lipinski definition) is 4. The number of nitrogens with zero attached hydrogens (tertiary/aromatic N) is 3. The van der Waals surface area contributed by atoms with Crippen LogP contribution in [0, 0.1) is 6.92 Å². The van der Waals surface area contributed by atoms with Gasteiger partial charge in [-0.3, -0.25) is 0 Å². The van der Waals surface area contributed by atoms with Gasteiger partial charge in [0.2, 0.25) is 0 Å². The number of furan rings is 1. The molecule has 4 nitrogen and oxygen atoms in total. The number of anilines is 7. The molecule has 0 bridgehead atoms. The molecule has 2 fully saturated rings. The minimum atomic E-state index is -0.0766. The van der Waals surface area contributed by atoms with Crippen molar-refractivity contribution in [2.24, 2.45) is 0 Å². The Bertz CT molecular complexity index is 3300. The largest absolute Gasteiger partial charge is 0.454 e. The number of hydrogen-bond donors (Lipinski definition) is 0. The van der Waals surface area contributed by atoms with Crippen LogP contribution in [0.5, 0.6) is 0 Å². The van der Waals surface area contributed by atoms with Gasteiger partial charge in [0.1, 0.15) is 5.58 Å². The molecule has 4 aliphatic heterocycles. The van der Waals surface area contributed by atoms with Gasteiger partial charge in [0, 0.05) is 55.7 Å². The standard InChI is InChI=1S/C61H64BN3O/c1-37-32-50-53-51(33-37)65-54-41(58(6)26-12-15-29-61(58,65)9)20-17-21-46(54)62(53)45-25-24-38(34-49(45)63(50)47-22-16-19-40-39-18-10-11-23-52(39)66-55(40)47)64-48-36-43-42(56(2,3)30-31-57(43,4)5)35-44(48)59(7)27-13-14-28-60(59,64)8/h10-11,16-25,32-36H,12-15,26-31H2,1-9H3. The second kappa shape index (κ2) is 12.6. The lowest BCUT2D eigenvalue weighted by Crippen LogP contribution is -2.64. The lowest BCUT2D eigenvalue weighted by Gasteiger charge is -2.53. The third-order valence-corrected chi connectivity index (χ3v) is 20.0. The van der Waals surface area contributed by atoms with Crippen LogP contribution in [0.4, 0.5) is 39.8 Å². The average Bonchev–Trinajstić information content (AvgIpc) is 3.86. The van der Waals surface area contributed by atoms with Crippen molar-refractivity contribution in [3.63, 3.8) is 0 Å². The van der Waals surface area contributed by atoms with E-state index in [1.165, 1.54) is 131 Å².